The van der Waals surface area contributed by atoms with Crippen LogP contribution in [0.5, 0.6) is 5.75 Å². The molecule has 4 rings (SSSR count). The van der Waals surface area contributed by atoms with Gasteiger partial charge in [0.25, 0.3) is 0 Å². The molecule has 1 aliphatic carbocycles. The molecule has 2 unspecified atom stereocenters. The van der Waals surface area contributed by atoms with Gasteiger partial charge in [-0.1, -0.05) is 65.2 Å². The Morgan fingerprint density at radius 1 is 1.17 bits per heavy atom. The second kappa shape index (κ2) is 9.48. The van der Waals surface area contributed by atoms with Crippen LogP contribution in [0.1, 0.15) is 6.42 Å². The minimum absolute atomic E-state index is 0.0552. The molecule has 1 aliphatic rings. The first kappa shape index (κ1) is 21.3. The highest BCUT2D eigenvalue weighted by Crippen LogP contribution is 2.39. The lowest BCUT2D eigenvalue weighted by Gasteiger charge is -2.29. The number of aromatic nitrogens is 3. The summed E-state index contributed by atoms with van der Waals surface area (Å²) in [6.07, 6.45) is 9.79. The lowest BCUT2D eigenvalue weighted by atomic mass is 10.0. The van der Waals surface area contributed by atoms with Crippen molar-refractivity contribution in [2.24, 2.45) is 0 Å². The molecule has 0 saturated carbocycles. The van der Waals surface area contributed by atoms with Crippen molar-refractivity contribution in [3.8, 4) is 5.75 Å². The Bertz CT molecular complexity index is 1060. The van der Waals surface area contributed by atoms with Crippen LogP contribution >= 0.6 is 46.6 Å². The predicted octanol–water partition coefficient (Wildman–Crippen LogP) is 6.65. The first-order chi connectivity index (χ1) is 14.5. The van der Waals surface area contributed by atoms with Crippen LogP contribution in [0.4, 0.5) is 0 Å². The molecule has 0 aliphatic heterocycles. The second-order valence-corrected chi connectivity index (χ2v) is 9.47. The first-order valence-electron chi connectivity index (χ1n) is 9.27. The third-order valence-electron chi connectivity index (χ3n) is 4.53. The summed E-state index contributed by atoms with van der Waals surface area (Å²) in [6.45, 7) is 0.634. The summed E-state index contributed by atoms with van der Waals surface area (Å²) in [6, 6.07) is 15.1. The number of allylic oxidation sites excluding steroid dienone is 1. The highest BCUT2D eigenvalue weighted by molar-refractivity contribution is 8.00. The normalized spacial score (nSPS) is 19.4. The third kappa shape index (κ3) is 5.41. The van der Waals surface area contributed by atoms with Crippen LogP contribution < -0.4 is 4.74 Å². The number of nitrogens with zero attached hydrogens (tertiary/aromatic N) is 3. The van der Waals surface area contributed by atoms with Crippen molar-refractivity contribution in [2.45, 2.75) is 28.2 Å². The molecule has 4 nitrogen and oxygen atoms in total. The van der Waals surface area contributed by atoms with Crippen molar-refractivity contribution in [2.75, 3.05) is 0 Å². The van der Waals surface area contributed by atoms with Crippen molar-refractivity contribution in [3.05, 3.63) is 95.0 Å². The fourth-order valence-electron chi connectivity index (χ4n) is 3.04. The summed E-state index contributed by atoms with van der Waals surface area (Å²) in [4.78, 5) is 4.99. The Morgan fingerprint density at radius 2 is 2.00 bits per heavy atom. The van der Waals surface area contributed by atoms with E-state index in [2.05, 4.69) is 16.2 Å². The van der Waals surface area contributed by atoms with Gasteiger partial charge in [-0.15, -0.1) is 11.8 Å². The fourth-order valence-corrected chi connectivity index (χ4v) is 4.98. The van der Waals surface area contributed by atoms with Gasteiger partial charge in [0.1, 0.15) is 18.4 Å². The van der Waals surface area contributed by atoms with E-state index >= 15 is 0 Å². The number of hydrogen-bond donors (Lipinski definition) is 0. The summed E-state index contributed by atoms with van der Waals surface area (Å²) in [5, 5.41) is 4.62. The largest absolute Gasteiger partial charge is 0.468 e. The van der Waals surface area contributed by atoms with E-state index in [0.717, 1.165) is 16.2 Å². The van der Waals surface area contributed by atoms with Gasteiger partial charge in [0.05, 0.1) is 16.8 Å². The maximum absolute atomic E-state index is 6.70. The van der Waals surface area contributed by atoms with Crippen LogP contribution in [0.2, 0.25) is 10.0 Å². The van der Waals surface area contributed by atoms with Gasteiger partial charge in [0.15, 0.2) is 0 Å². The monoisotopic (exact) mass is 477 g/mol. The summed E-state index contributed by atoms with van der Waals surface area (Å²) in [7, 11) is 0. The molecule has 0 N–H and O–H groups in total. The lowest BCUT2D eigenvalue weighted by molar-refractivity contribution is 0.209. The van der Waals surface area contributed by atoms with Crippen LogP contribution in [0.3, 0.4) is 0 Å². The van der Waals surface area contributed by atoms with Crippen molar-refractivity contribution in [1.29, 1.82) is 0 Å². The van der Waals surface area contributed by atoms with Gasteiger partial charge < -0.3 is 4.74 Å². The molecule has 0 radical (unpaired) electrons. The van der Waals surface area contributed by atoms with Gasteiger partial charge >= 0.3 is 0 Å². The van der Waals surface area contributed by atoms with E-state index < -0.39 is 5.06 Å². The van der Waals surface area contributed by atoms with Crippen LogP contribution in [-0.2, 0) is 6.54 Å². The molecular formula is C22H18Cl3N3OS. The Kier molecular flexibility index (Phi) is 6.74. The molecule has 8 heteroatoms. The van der Waals surface area contributed by atoms with E-state index in [1.807, 2.05) is 54.6 Å². The van der Waals surface area contributed by atoms with Gasteiger partial charge in [-0.2, -0.15) is 5.10 Å². The van der Waals surface area contributed by atoms with E-state index in [1.54, 1.807) is 28.8 Å². The minimum atomic E-state index is -0.911. The van der Waals surface area contributed by atoms with Crippen molar-refractivity contribution in [3.63, 3.8) is 0 Å². The number of thioether (sulfide) groups is 1. The molecule has 2 atom stereocenters. The number of rotatable bonds is 7. The topological polar surface area (TPSA) is 39.9 Å². The van der Waals surface area contributed by atoms with Gasteiger partial charge in [0, 0.05) is 16.3 Å². The molecule has 154 valence electrons. The maximum atomic E-state index is 6.70. The number of ether oxygens (including phenoxy) is 1. The standard InChI is InChI=1S/C22H18Cl3N3OS/c23-17-6-7-20(19(24)12-17)30-21(13-28-15-26-14-27-28)16-8-10-22(25,11-9-16)29-18-4-2-1-3-5-18/h1-10,12,14-15,21H,11,13H2. The first-order valence-corrected chi connectivity index (χ1v) is 11.3. The summed E-state index contributed by atoms with van der Waals surface area (Å²) in [5.41, 5.74) is 1.12. The highest BCUT2D eigenvalue weighted by Gasteiger charge is 2.30. The fraction of sp³-hybridized carbons (Fsp3) is 0.182. The quantitative estimate of drug-likeness (QED) is 0.282. The summed E-state index contributed by atoms with van der Waals surface area (Å²) in [5.74, 6) is 0.732. The molecule has 30 heavy (non-hydrogen) atoms. The molecule has 0 fully saturated rings. The van der Waals surface area contributed by atoms with E-state index in [-0.39, 0.29) is 5.25 Å². The van der Waals surface area contributed by atoms with Crippen molar-refractivity contribution in [1.82, 2.24) is 14.8 Å². The molecule has 1 aromatic heterocycles. The molecule has 0 amide bonds. The van der Waals surface area contributed by atoms with Crippen LogP contribution in [0, 0.1) is 0 Å². The van der Waals surface area contributed by atoms with Crippen LogP contribution in [0.15, 0.2) is 89.9 Å². The molecule has 2 aromatic carbocycles. The number of para-hydroxylation sites is 1. The van der Waals surface area contributed by atoms with Gasteiger partial charge in [0.2, 0.25) is 5.06 Å². The zero-order valence-corrected chi connectivity index (χ0v) is 18.9. The average Bonchev–Trinajstić information content (AvgIpc) is 3.24. The van der Waals surface area contributed by atoms with E-state index in [4.69, 9.17) is 39.5 Å². The zero-order chi connectivity index (χ0) is 21.0. The second-order valence-electron chi connectivity index (χ2n) is 6.74. The van der Waals surface area contributed by atoms with Gasteiger partial charge in [-0.25, -0.2) is 4.98 Å². The molecular weight excluding hydrogens is 461 g/mol. The summed E-state index contributed by atoms with van der Waals surface area (Å²) < 4.78 is 7.80. The molecule has 0 spiro atoms. The van der Waals surface area contributed by atoms with Gasteiger partial charge in [-0.3, -0.25) is 4.68 Å². The minimum Gasteiger partial charge on any atom is -0.468 e. The van der Waals surface area contributed by atoms with E-state index in [1.165, 1.54) is 6.33 Å². The van der Waals surface area contributed by atoms with Crippen LogP contribution in [-0.4, -0.2) is 25.1 Å². The number of alkyl halides is 1. The Balaban J connectivity index is 1.53. The smallest absolute Gasteiger partial charge is 0.205 e. The number of benzene rings is 2. The Hall–Kier alpha value is -1.92. The predicted molar refractivity (Wildman–Crippen MR) is 124 cm³/mol. The van der Waals surface area contributed by atoms with E-state index in [0.29, 0.717) is 23.0 Å². The molecule has 0 saturated heterocycles. The molecule has 1 heterocycles. The van der Waals surface area contributed by atoms with Crippen molar-refractivity contribution < 1.29 is 4.74 Å². The van der Waals surface area contributed by atoms with E-state index in [9.17, 15) is 0 Å². The third-order valence-corrected chi connectivity index (χ3v) is 6.86. The maximum Gasteiger partial charge on any atom is 0.205 e. The zero-order valence-electron chi connectivity index (χ0n) is 15.8. The van der Waals surface area contributed by atoms with Gasteiger partial charge in [-0.05, 0) is 42.0 Å². The molecule has 3 aromatic rings. The highest BCUT2D eigenvalue weighted by atomic mass is 35.5. The summed E-state index contributed by atoms with van der Waals surface area (Å²) >= 11 is 20.8. The number of hydrogen-bond acceptors (Lipinski definition) is 4. The SMILES string of the molecule is Clc1ccc(SC(Cn2cncn2)C2=CCC(Cl)(Oc3ccccc3)C=C2)c(Cl)c1. The number of halogens is 3. The molecule has 0 bridgehead atoms. The Morgan fingerprint density at radius 3 is 2.67 bits per heavy atom. The lowest BCUT2D eigenvalue weighted by Crippen LogP contribution is -2.29. The van der Waals surface area contributed by atoms with Crippen molar-refractivity contribution >= 4 is 46.6 Å². The Labute approximate surface area is 194 Å². The van der Waals surface area contributed by atoms with Crippen LogP contribution in [0.25, 0.3) is 0 Å². The average molecular weight is 479 g/mol.